The zero-order valence-electron chi connectivity index (χ0n) is 8.25. The Morgan fingerprint density at radius 3 is 2.76 bits per heavy atom. The molecule has 2 nitrogen and oxygen atoms in total. The van der Waals surface area contributed by atoms with Gasteiger partial charge in [0.2, 0.25) is 11.7 Å². The summed E-state index contributed by atoms with van der Waals surface area (Å²) in [5.74, 6) is -2.31. The Bertz CT molecular complexity index is 565. The van der Waals surface area contributed by atoms with Crippen LogP contribution in [0.3, 0.4) is 0 Å². The number of benzene rings is 1. The summed E-state index contributed by atoms with van der Waals surface area (Å²) in [5.41, 5.74) is 0. The van der Waals surface area contributed by atoms with E-state index < -0.39 is 11.6 Å². The van der Waals surface area contributed by atoms with Crippen LogP contribution in [-0.2, 0) is 0 Å². The van der Waals surface area contributed by atoms with Gasteiger partial charge in [-0.15, -0.1) is 0 Å². The minimum absolute atomic E-state index is 0.0133. The fraction of sp³-hybridized carbons (Fsp3) is 0. The van der Waals surface area contributed by atoms with Crippen molar-refractivity contribution in [2.45, 2.75) is 0 Å². The normalized spacial score (nSPS) is 10.4. The quantitative estimate of drug-likeness (QED) is 0.809. The summed E-state index contributed by atoms with van der Waals surface area (Å²) in [6, 6.07) is 5.17. The van der Waals surface area contributed by atoms with Crippen molar-refractivity contribution in [3.63, 3.8) is 0 Å². The highest BCUT2D eigenvalue weighted by Crippen LogP contribution is 2.30. The highest BCUT2D eigenvalue weighted by atomic mass is 79.9. The number of ether oxygens (including phenoxy) is 1. The molecule has 0 amide bonds. The van der Waals surface area contributed by atoms with E-state index in [1.54, 1.807) is 6.07 Å². The van der Waals surface area contributed by atoms with E-state index in [0.717, 1.165) is 6.07 Å². The van der Waals surface area contributed by atoms with Gasteiger partial charge in [-0.1, -0.05) is 17.7 Å². The third kappa shape index (κ3) is 2.73. The predicted octanol–water partition coefficient (Wildman–Crippen LogP) is 4.57. The van der Waals surface area contributed by atoms with Gasteiger partial charge in [0.15, 0.2) is 11.6 Å². The molecule has 0 bridgehead atoms. The molecule has 0 unspecified atom stereocenters. The molecule has 1 aromatic heterocycles. The lowest BCUT2D eigenvalue weighted by molar-refractivity contribution is 0.405. The van der Waals surface area contributed by atoms with Crippen molar-refractivity contribution >= 4 is 27.5 Å². The highest BCUT2D eigenvalue weighted by Gasteiger charge is 2.12. The van der Waals surface area contributed by atoms with E-state index in [0.29, 0.717) is 4.47 Å². The van der Waals surface area contributed by atoms with E-state index in [1.807, 2.05) is 0 Å². The van der Waals surface area contributed by atoms with Crippen molar-refractivity contribution in [1.29, 1.82) is 0 Å². The van der Waals surface area contributed by atoms with Crippen molar-refractivity contribution in [2.24, 2.45) is 0 Å². The summed E-state index contributed by atoms with van der Waals surface area (Å²) in [6.07, 6.45) is 1.44. The van der Waals surface area contributed by atoms with Crippen LogP contribution in [0.5, 0.6) is 11.6 Å². The second-order valence-electron chi connectivity index (χ2n) is 3.09. The molecule has 0 fully saturated rings. The fourth-order valence-electron chi connectivity index (χ4n) is 1.14. The molecule has 0 aliphatic carbocycles. The average molecular weight is 321 g/mol. The van der Waals surface area contributed by atoms with Crippen LogP contribution in [0.1, 0.15) is 0 Å². The number of hydrogen-bond donors (Lipinski definition) is 0. The molecule has 0 aliphatic heterocycles. The van der Waals surface area contributed by atoms with Crippen molar-refractivity contribution in [2.75, 3.05) is 0 Å². The van der Waals surface area contributed by atoms with Crippen LogP contribution in [0.25, 0.3) is 0 Å². The summed E-state index contributed by atoms with van der Waals surface area (Å²) in [4.78, 5) is 3.85. The van der Waals surface area contributed by atoms with Crippen LogP contribution >= 0.6 is 27.5 Å². The summed E-state index contributed by atoms with van der Waals surface area (Å²) in [7, 11) is 0. The topological polar surface area (TPSA) is 22.1 Å². The monoisotopic (exact) mass is 319 g/mol. The SMILES string of the molecule is Fc1cccc(Oc2ncc(Br)cc2Cl)c1F. The molecule has 2 rings (SSSR count). The second kappa shape index (κ2) is 4.98. The van der Waals surface area contributed by atoms with Gasteiger partial charge in [-0.2, -0.15) is 4.39 Å². The molecular formula is C11H5BrClF2NO. The third-order valence-electron chi connectivity index (χ3n) is 1.90. The molecule has 1 aromatic carbocycles. The maximum absolute atomic E-state index is 13.3. The van der Waals surface area contributed by atoms with E-state index in [1.165, 1.54) is 18.3 Å². The van der Waals surface area contributed by atoms with E-state index in [4.69, 9.17) is 16.3 Å². The molecule has 0 radical (unpaired) electrons. The van der Waals surface area contributed by atoms with Crippen LogP contribution in [-0.4, -0.2) is 4.98 Å². The summed E-state index contributed by atoms with van der Waals surface area (Å²) in [6.45, 7) is 0. The molecule has 17 heavy (non-hydrogen) atoms. The standard InChI is InChI=1S/C11H5BrClF2NO/c12-6-4-7(13)11(16-5-6)17-9-3-1-2-8(14)10(9)15/h1-5H. The van der Waals surface area contributed by atoms with Gasteiger partial charge in [-0.25, -0.2) is 9.37 Å². The molecule has 0 spiro atoms. The molecule has 0 atom stereocenters. The zero-order valence-corrected chi connectivity index (χ0v) is 10.6. The van der Waals surface area contributed by atoms with Crippen LogP contribution in [0.4, 0.5) is 8.78 Å². The molecule has 0 aliphatic rings. The first-order valence-electron chi connectivity index (χ1n) is 4.51. The Hall–Kier alpha value is -1.20. The molecule has 2 aromatic rings. The maximum Gasteiger partial charge on any atom is 0.238 e. The predicted molar refractivity (Wildman–Crippen MR) is 63.4 cm³/mol. The Morgan fingerprint density at radius 2 is 2.06 bits per heavy atom. The Morgan fingerprint density at radius 1 is 1.29 bits per heavy atom. The molecule has 0 N–H and O–H groups in total. The Labute approximate surface area is 109 Å². The number of rotatable bonds is 2. The van der Waals surface area contributed by atoms with Crippen LogP contribution in [0, 0.1) is 11.6 Å². The Kier molecular flexibility index (Phi) is 3.59. The Balaban J connectivity index is 2.35. The first-order valence-corrected chi connectivity index (χ1v) is 5.68. The molecule has 0 saturated carbocycles. The van der Waals surface area contributed by atoms with Crippen LogP contribution < -0.4 is 4.74 Å². The summed E-state index contributed by atoms with van der Waals surface area (Å²) in [5, 5.41) is 0.197. The molecule has 0 saturated heterocycles. The lowest BCUT2D eigenvalue weighted by Crippen LogP contribution is -1.93. The van der Waals surface area contributed by atoms with Gasteiger partial charge in [0.1, 0.15) is 5.02 Å². The van der Waals surface area contributed by atoms with Gasteiger partial charge < -0.3 is 4.74 Å². The number of halogens is 4. The lowest BCUT2D eigenvalue weighted by atomic mass is 10.3. The first kappa shape index (κ1) is 12.3. The van der Waals surface area contributed by atoms with Crippen molar-refractivity contribution < 1.29 is 13.5 Å². The summed E-state index contributed by atoms with van der Waals surface area (Å²) < 4.78 is 32.0. The number of nitrogens with zero attached hydrogens (tertiary/aromatic N) is 1. The van der Waals surface area contributed by atoms with Crippen molar-refractivity contribution in [3.05, 3.63) is 51.6 Å². The zero-order chi connectivity index (χ0) is 12.4. The fourth-order valence-corrected chi connectivity index (χ4v) is 1.81. The van der Waals surface area contributed by atoms with Gasteiger partial charge >= 0.3 is 0 Å². The van der Waals surface area contributed by atoms with Gasteiger partial charge in [-0.3, -0.25) is 0 Å². The van der Waals surface area contributed by atoms with Gasteiger partial charge in [0.25, 0.3) is 0 Å². The smallest absolute Gasteiger partial charge is 0.238 e. The van der Waals surface area contributed by atoms with E-state index in [-0.39, 0.29) is 16.7 Å². The van der Waals surface area contributed by atoms with E-state index >= 15 is 0 Å². The van der Waals surface area contributed by atoms with Crippen LogP contribution in [0.15, 0.2) is 34.9 Å². The second-order valence-corrected chi connectivity index (χ2v) is 4.42. The lowest BCUT2D eigenvalue weighted by Gasteiger charge is -2.07. The van der Waals surface area contributed by atoms with Gasteiger partial charge in [0.05, 0.1) is 0 Å². The highest BCUT2D eigenvalue weighted by molar-refractivity contribution is 9.10. The molecule has 1 heterocycles. The molecular weight excluding hydrogens is 315 g/mol. The number of hydrogen-bond acceptors (Lipinski definition) is 2. The largest absolute Gasteiger partial charge is 0.434 e. The summed E-state index contributed by atoms with van der Waals surface area (Å²) >= 11 is 9.01. The maximum atomic E-state index is 13.3. The average Bonchev–Trinajstić information content (AvgIpc) is 2.28. The van der Waals surface area contributed by atoms with E-state index in [9.17, 15) is 8.78 Å². The third-order valence-corrected chi connectivity index (χ3v) is 2.60. The minimum atomic E-state index is -1.08. The van der Waals surface area contributed by atoms with Crippen molar-refractivity contribution in [1.82, 2.24) is 4.98 Å². The number of pyridine rings is 1. The first-order chi connectivity index (χ1) is 8.08. The van der Waals surface area contributed by atoms with Gasteiger partial charge in [0, 0.05) is 10.7 Å². The molecule has 6 heteroatoms. The van der Waals surface area contributed by atoms with Crippen molar-refractivity contribution in [3.8, 4) is 11.6 Å². The van der Waals surface area contributed by atoms with Gasteiger partial charge in [-0.05, 0) is 34.1 Å². The molecule has 88 valence electrons. The van der Waals surface area contributed by atoms with Crippen LogP contribution in [0.2, 0.25) is 5.02 Å². The number of aromatic nitrogens is 1. The van der Waals surface area contributed by atoms with E-state index in [2.05, 4.69) is 20.9 Å². The minimum Gasteiger partial charge on any atom is -0.434 e.